The number of esters is 1. The van der Waals surface area contributed by atoms with Gasteiger partial charge in [0, 0.05) is 10.9 Å². The topological polar surface area (TPSA) is 155 Å². The van der Waals surface area contributed by atoms with Crippen LogP contribution in [0.25, 0.3) is 10.9 Å². The molecule has 0 bridgehead atoms. The highest BCUT2D eigenvalue weighted by molar-refractivity contribution is 7.92. The number of primary amides is 1. The number of methoxy groups -OCH3 is 1. The van der Waals surface area contributed by atoms with Gasteiger partial charge in [0.2, 0.25) is 15.9 Å². The largest absolute Gasteiger partial charge is 0.494 e. The van der Waals surface area contributed by atoms with Crippen LogP contribution < -0.4 is 10.0 Å². The van der Waals surface area contributed by atoms with Gasteiger partial charge in [0.1, 0.15) is 11.4 Å². The zero-order valence-electron chi connectivity index (χ0n) is 22.8. The number of anilines is 1. The van der Waals surface area contributed by atoms with Crippen LogP contribution in [0.1, 0.15) is 30.5 Å². The van der Waals surface area contributed by atoms with Crippen LogP contribution in [0.15, 0.2) is 71.7 Å². The number of hydrogen-bond acceptors (Lipinski definition) is 7. The number of ether oxygens (including phenoxy) is 1. The van der Waals surface area contributed by atoms with Gasteiger partial charge in [-0.2, -0.15) is 0 Å². The maximum Gasteiger partial charge on any atom is 0.309 e. The number of nitrogens with one attached hydrogen (secondary N) is 1. The molecule has 1 aromatic heterocycles. The Morgan fingerprint density at radius 1 is 1.07 bits per heavy atom. The summed E-state index contributed by atoms with van der Waals surface area (Å²) < 4.78 is 44.7. The van der Waals surface area contributed by atoms with E-state index in [1.807, 2.05) is 0 Å². The lowest BCUT2D eigenvalue weighted by atomic mass is 9.99. The van der Waals surface area contributed by atoms with Crippen LogP contribution in [-0.2, 0) is 30.8 Å². The van der Waals surface area contributed by atoms with Crippen LogP contribution in [0.3, 0.4) is 0 Å². The molecule has 0 aliphatic heterocycles. The molecule has 1 heterocycles. The van der Waals surface area contributed by atoms with Gasteiger partial charge in [-0.1, -0.05) is 24.3 Å². The average Bonchev–Trinajstić information content (AvgIpc) is 3.22. The number of halogens is 1. The number of carbonyl (C=O) groups is 2. The molecule has 12 heteroatoms. The number of nitrogens with zero attached hydrogens (tertiary/aromatic N) is 2. The first-order chi connectivity index (χ1) is 19.2. The van der Waals surface area contributed by atoms with Crippen molar-refractivity contribution in [2.45, 2.75) is 25.8 Å². The zero-order valence-corrected chi connectivity index (χ0v) is 23.6. The van der Waals surface area contributed by atoms with E-state index in [1.165, 1.54) is 51.3 Å². The van der Waals surface area contributed by atoms with Crippen molar-refractivity contribution in [1.82, 2.24) is 4.98 Å². The molecule has 0 saturated heterocycles. The lowest BCUT2D eigenvalue weighted by Gasteiger charge is -2.35. The summed E-state index contributed by atoms with van der Waals surface area (Å²) in [5.74, 6) is -1.94. The summed E-state index contributed by atoms with van der Waals surface area (Å²) in [5.41, 5.74) is 6.83. The van der Waals surface area contributed by atoms with Gasteiger partial charge in [0.15, 0.2) is 5.88 Å². The minimum atomic E-state index is -3.89. The Bertz CT molecular complexity index is 1760. The summed E-state index contributed by atoms with van der Waals surface area (Å²) in [6.45, 7) is 2.82. The summed E-state index contributed by atoms with van der Waals surface area (Å²) in [6, 6.07) is 17.1. The quantitative estimate of drug-likeness (QED) is 0.201. The minimum Gasteiger partial charge on any atom is -0.494 e. The molecule has 0 radical (unpaired) electrons. The Kier molecular flexibility index (Phi) is 7.89. The van der Waals surface area contributed by atoms with E-state index >= 15 is 0 Å². The van der Waals surface area contributed by atoms with Gasteiger partial charge < -0.3 is 20.6 Å². The number of H-pyrrole nitrogens is 1. The zero-order chi connectivity index (χ0) is 30.1. The maximum absolute atomic E-state index is 13.9. The summed E-state index contributed by atoms with van der Waals surface area (Å²) in [4.78, 5) is 31.3. The lowest BCUT2D eigenvalue weighted by molar-refractivity contribution is -0.139. The number of rotatable bonds is 9. The number of amides is 1. The number of sulfonamides is 1. The van der Waals surface area contributed by atoms with E-state index in [0.717, 1.165) is 10.6 Å². The van der Waals surface area contributed by atoms with Crippen molar-refractivity contribution in [3.63, 3.8) is 0 Å². The van der Waals surface area contributed by atoms with Crippen molar-refractivity contribution in [3.05, 3.63) is 89.2 Å². The molecule has 4 rings (SSSR count). The minimum absolute atomic E-state index is 0.0703. The van der Waals surface area contributed by atoms with Crippen LogP contribution in [0.5, 0.6) is 5.88 Å². The first kappa shape index (κ1) is 29.3. The fourth-order valence-corrected chi connectivity index (χ4v) is 5.92. The second-order valence-corrected chi connectivity index (χ2v) is 11.7. The molecular weight excluding hydrogens is 551 g/mol. The highest BCUT2D eigenvalue weighted by Gasteiger charge is 2.39. The smallest absolute Gasteiger partial charge is 0.309 e. The van der Waals surface area contributed by atoms with Crippen molar-refractivity contribution < 1.29 is 32.2 Å². The van der Waals surface area contributed by atoms with Crippen molar-refractivity contribution in [3.8, 4) is 5.88 Å². The molecule has 0 aliphatic carbocycles. The van der Waals surface area contributed by atoms with Crippen molar-refractivity contribution >= 4 is 49.9 Å². The third-order valence-electron chi connectivity index (χ3n) is 6.55. The number of aromatic amines is 1. The molecule has 214 valence electrons. The van der Waals surface area contributed by atoms with E-state index in [1.54, 1.807) is 36.4 Å². The molecule has 3 aromatic carbocycles. The Balaban J connectivity index is 1.85. The number of hydrogen-bond donors (Lipinski definition) is 3. The fourth-order valence-electron chi connectivity index (χ4n) is 4.50. The summed E-state index contributed by atoms with van der Waals surface area (Å²) in [6.07, 6.45) is 1.05. The van der Waals surface area contributed by atoms with Crippen LogP contribution in [-0.4, -0.2) is 55.0 Å². The Hall–Kier alpha value is -4.71. The average molecular weight is 581 g/mol. The Labute approximate surface area is 236 Å². The van der Waals surface area contributed by atoms with Crippen LogP contribution in [0.4, 0.5) is 15.8 Å². The maximum atomic E-state index is 13.9. The number of benzene rings is 3. The molecule has 4 N–H and O–H groups in total. The molecule has 41 heavy (non-hydrogen) atoms. The molecule has 0 aliphatic rings. The predicted molar refractivity (Wildman–Crippen MR) is 154 cm³/mol. The van der Waals surface area contributed by atoms with E-state index in [2.05, 4.69) is 4.98 Å². The van der Waals surface area contributed by atoms with Gasteiger partial charge in [0.25, 0.3) is 0 Å². The van der Waals surface area contributed by atoms with E-state index in [-0.39, 0.29) is 18.0 Å². The standard InChI is InChI=1S/C29H29FN4O6S/c1-29(2,28(31)37)34(41(4,38)39)21-12-10-20(11-13-21)32-26(18-7-5-17(6-8-18)15-24(35)40-3)25-22-14-9-19(30)16-23(22)33-27(25)36/h5-14,16,33,36H,15H2,1-4H3,(H2,31,37). The van der Waals surface area contributed by atoms with E-state index in [4.69, 9.17) is 15.5 Å². The third kappa shape index (κ3) is 6.07. The number of nitrogens with two attached hydrogens (primary N) is 1. The molecule has 0 fully saturated rings. The normalized spacial score (nSPS) is 12.4. The molecule has 0 spiro atoms. The van der Waals surface area contributed by atoms with Gasteiger partial charge >= 0.3 is 5.97 Å². The number of aromatic nitrogens is 1. The second kappa shape index (κ2) is 11.0. The Morgan fingerprint density at radius 3 is 2.27 bits per heavy atom. The van der Waals surface area contributed by atoms with Crippen molar-refractivity contribution in [2.24, 2.45) is 10.7 Å². The number of carbonyl (C=O) groups excluding carboxylic acids is 2. The van der Waals surface area contributed by atoms with Gasteiger partial charge in [0.05, 0.1) is 48.0 Å². The van der Waals surface area contributed by atoms with Crippen LogP contribution in [0, 0.1) is 5.82 Å². The molecule has 1 amide bonds. The third-order valence-corrected chi connectivity index (χ3v) is 7.88. The van der Waals surface area contributed by atoms with Gasteiger partial charge in [-0.3, -0.25) is 13.9 Å². The summed E-state index contributed by atoms with van der Waals surface area (Å²) in [7, 11) is -2.58. The van der Waals surface area contributed by atoms with Crippen molar-refractivity contribution in [2.75, 3.05) is 17.7 Å². The van der Waals surface area contributed by atoms with Gasteiger partial charge in [-0.05, 0) is 61.9 Å². The predicted octanol–water partition coefficient (Wildman–Crippen LogP) is 3.93. The van der Waals surface area contributed by atoms with Crippen LogP contribution >= 0.6 is 0 Å². The molecular formula is C29H29FN4O6S. The van der Waals surface area contributed by atoms with Crippen LogP contribution in [0.2, 0.25) is 0 Å². The summed E-state index contributed by atoms with van der Waals surface area (Å²) >= 11 is 0. The Morgan fingerprint density at radius 2 is 1.71 bits per heavy atom. The molecule has 0 saturated carbocycles. The number of fused-ring (bicyclic) bond motifs is 1. The second-order valence-electron chi connectivity index (χ2n) is 9.92. The fraction of sp³-hybridized carbons (Fsp3) is 0.207. The number of aliphatic imine (C=N–C) groups is 1. The monoisotopic (exact) mass is 580 g/mol. The molecule has 4 aromatic rings. The van der Waals surface area contributed by atoms with Gasteiger partial charge in [-0.15, -0.1) is 0 Å². The molecule has 0 atom stereocenters. The molecule has 0 unspecified atom stereocenters. The SMILES string of the molecule is COC(=O)Cc1ccc(C(=Nc2ccc(N(C(C)(C)C(N)=O)S(C)(=O)=O)cc2)c2c(O)[nH]c3cc(F)ccc23)cc1. The number of aromatic hydroxyl groups is 1. The summed E-state index contributed by atoms with van der Waals surface area (Å²) in [5, 5.41) is 11.4. The highest BCUT2D eigenvalue weighted by Crippen LogP contribution is 2.33. The first-order valence-corrected chi connectivity index (χ1v) is 14.2. The molecule has 10 nitrogen and oxygen atoms in total. The van der Waals surface area contributed by atoms with E-state index in [0.29, 0.717) is 39.0 Å². The lowest BCUT2D eigenvalue weighted by Crippen LogP contribution is -2.55. The van der Waals surface area contributed by atoms with Gasteiger partial charge in [-0.25, -0.2) is 17.8 Å². The van der Waals surface area contributed by atoms with Crippen molar-refractivity contribution in [1.29, 1.82) is 0 Å². The van der Waals surface area contributed by atoms with E-state index < -0.39 is 33.3 Å². The highest BCUT2D eigenvalue weighted by atomic mass is 32.2. The first-order valence-electron chi connectivity index (χ1n) is 12.4. The van der Waals surface area contributed by atoms with E-state index in [9.17, 15) is 27.5 Å².